The van der Waals surface area contributed by atoms with E-state index in [0.717, 1.165) is 30.9 Å². The second kappa shape index (κ2) is 6.19. The van der Waals surface area contributed by atoms with Crippen molar-refractivity contribution in [2.45, 2.75) is 57.8 Å². The van der Waals surface area contributed by atoms with E-state index in [9.17, 15) is 5.11 Å². The average Bonchev–Trinajstić information content (AvgIpc) is 3.09. The quantitative estimate of drug-likeness (QED) is 0.831. The summed E-state index contributed by atoms with van der Waals surface area (Å²) in [6.45, 7) is 7.47. The van der Waals surface area contributed by atoms with E-state index < -0.39 is 0 Å². The molecule has 2 aromatic rings. The fourth-order valence-corrected chi connectivity index (χ4v) is 4.07. The molecule has 0 spiro atoms. The van der Waals surface area contributed by atoms with E-state index in [1.54, 1.807) is 0 Å². The van der Waals surface area contributed by atoms with E-state index in [4.69, 9.17) is 9.15 Å². The Bertz CT molecular complexity index is 759. The maximum atomic E-state index is 9.31. The zero-order valence-corrected chi connectivity index (χ0v) is 15.2. The SMILES string of the molecule is CC(C)(C)c1ccc2c(c1)C1OCCCC1C(c1ccc(CO)o1)N2. The van der Waals surface area contributed by atoms with Crippen molar-refractivity contribution >= 4 is 5.69 Å². The van der Waals surface area contributed by atoms with Crippen molar-refractivity contribution in [3.63, 3.8) is 0 Å². The highest BCUT2D eigenvalue weighted by atomic mass is 16.5. The highest BCUT2D eigenvalue weighted by molar-refractivity contribution is 5.58. The lowest BCUT2D eigenvalue weighted by atomic mass is 9.77. The number of aliphatic hydroxyl groups is 1. The van der Waals surface area contributed by atoms with Crippen molar-refractivity contribution in [1.82, 2.24) is 0 Å². The summed E-state index contributed by atoms with van der Waals surface area (Å²) in [4.78, 5) is 0. The molecular weight excluding hydrogens is 314 g/mol. The van der Waals surface area contributed by atoms with Crippen LogP contribution in [0, 0.1) is 5.92 Å². The maximum Gasteiger partial charge on any atom is 0.129 e. The predicted octanol–water partition coefficient (Wildman–Crippen LogP) is 4.70. The van der Waals surface area contributed by atoms with Crippen molar-refractivity contribution < 1.29 is 14.3 Å². The van der Waals surface area contributed by atoms with Crippen LogP contribution in [0.4, 0.5) is 5.69 Å². The predicted molar refractivity (Wildman–Crippen MR) is 97.6 cm³/mol. The Kier molecular flexibility index (Phi) is 4.13. The number of rotatable bonds is 2. The molecule has 0 aliphatic carbocycles. The first-order valence-electron chi connectivity index (χ1n) is 9.19. The molecule has 1 aromatic carbocycles. The van der Waals surface area contributed by atoms with Gasteiger partial charge in [-0.25, -0.2) is 0 Å². The van der Waals surface area contributed by atoms with E-state index in [0.29, 0.717) is 11.7 Å². The Labute approximate surface area is 149 Å². The van der Waals surface area contributed by atoms with Gasteiger partial charge in [0, 0.05) is 23.8 Å². The van der Waals surface area contributed by atoms with Crippen LogP contribution in [0.5, 0.6) is 0 Å². The van der Waals surface area contributed by atoms with E-state index in [1.165, 1.54) is 11.1 Å². The van der Waals surface area contributed by atoms with Crippen LogP contribution >= 0.6 is 0 Å². The monoisotopic (exact) mass is 341 g/mol. The van der Waals surface area contributed by atoms with Gasteiger partial charge in [0.2, 0.25) is 0 Å². The summed E-state index contributed by atoms with van der Waals surface area (Å²) in [6, 6.07) is 10.6. The van der Waals surface area contributed by atoms with E-state index in [-0.39, 0.29) is 24.2 Å². The molecule has 4 nitrogen and oxygen atoms in total. The minimum atomic E-state index is -0.0666. The minimum Gasteiger partial charge on any atom is -0.461 e. The van der Waals surface area contributed by atoms with Crippen LogP contribution in [-0.4, -0.2) is 11.7 Å². The first-order chi connectivity index (χ1) is 12.0. The van der Waals surface area contributed by atoms with E-state index >= 15 is 0 Å². The minimum absolute atomic E-state index is 0.0666. The third kappa shape index (κ3) is 2.98. The van der Waals surface area contributed by atoms with Gasteiger partial charge in [0.25, 0.3) is 0 Å². The van der Waals surface area contributed by atoms with E-state index in [2.05, 4.69) is 44.3 Å². The van der Waals surface area contributed by atoms with Crippen LogP contribution in [0.3, 0.4) is 0 Å². The van der Waals surface area contributed by atoms with Crippen LogP contribution in [0.2, 0.25) is 0 Å². The molecule has 2 aliphatic rings. The smallest absolute Gasteiger partial charge is 0.129 e. The zero-order valence-electron chi connectivity index (χ0n) is 15.2. The summed E-state index contributed by atoms with van der Waals surface area (Å²) in [7, 11) is 0. The second-order valence-corrected chi connectivity index (χ2v) is 8.23. The highest BCUT2D eigenvalue weighted by Crippen LogP contribution is 2.50. The lowest BCUT2D eigenvalue weighted by Gasteiger charge is -2.43. The molecule has 0 bridgehead atoms. The van der Waals surface area contributed by atoms with Crippen molar-refractivity contribution in [1.29, 1.82) is 0 Å². The number of hydrogen-bond donors (Lipinski definition) is 2. The van der Waals surface area contributed by atoms with Crippen LogP contribution < -0.4 is 5.32 Å². The topological polar surface area (TPSA) is 54.6 Å². The first kappa shape index (κ1) is 16.7. The van der Waals surface area contributed by atoms with Gasteiger partial charge in [0.15, 0.2) is 0 Å². The first-order valence-corrected chi connectivity index (χ1v) is 9.19. The molecule has 4 heteroatoms. The summed E-state index contributed by atoms with van der Waals surface area (Å²) >= 11 is 0. The Morgan fingerprint density at radius 3 is 2.76 bits per heavy atom. The fourth-order valence-electron chi connectivity index (χ4n) is 4.07. The molecule has 134 valence electrons. The molecule has 2 N–H and O–H groups in total. The largest absolute Gasteiger partial charge is 0.461 e. The third-order valence-electron chi connectivity index (χ3n) is 5.48. The molecule has 0 amide bonds. The van der Waals surface area contributed by atoms with Crippen LogP contribution in [-0.2, 0) is 16.8 Å². The standard InChI is InChI=1S/C21H27NO3/c1-21(2,3)13-6-8-17-16(11-13)20-15(5-4-10-24-20)19(22-17)18-9-7-14(12-23)25-18/h6-9,11,15,19-20,22-23H,4-5,10,12H2,1-3H3. The van der Waals surface area contributed by atoms with Crippen LogP contribution in [0.25, 0.3) is 0 Å². The molecule has 1 aromatic heterocycles. The van der Waals surface area contributed by atoms with Crippen LogP contribution in [0.1, 0.15) is 68.4 Å². The van der Waals surface area contributed by atoms with Gasteiger partial charge in [-0.1, -0.05) is 32.9 Å². The molecule has 4 rings (SSSR count). The van der Waals surface area contributed by atoms with Crippen LogP contribution in [0.15, 0.2) is 34.7 Å². The van der Waals surface area contributed by atoms with E-state index in [1.807, 2.05) is 12.1 Å². The molecule has 25 heavy (non-hydrogen) atoms. The lowest BCUT2D eigenvalue weighted by molar-refractivity contribution is -0.0403. The molecule has 0 saturated carbocycles. The average molecular weight is 341 g/mol. The van der Waals surface area contributed by atoms with Gasteiger partial charge in [-0.05, 0) is 42.0 Å². The molecule has 3 atom stereocenters. The molecule has 0 radical (unpaired) electrons. The fraction of sp³-hybridized carbons (Fsp3) is 0.524. The number of ether oxygens (including phenoxy) is 1. The number of furan rings is 1. The summed E-state index contributed by atoms with van der Waals surface area (Å²) < 4.78 is 12.1. The molecule has 3 heterocycles. The summed E-state index contributed by atoms with van der Waals surface area (Å²) in [5.41, 5.74) is 3.85. The summed E-state index contributed by atoms with van der Waals surface area (Å²) in [5, 5.41) is 13.0. The van der Waals surface area contributed by atoms with Crippen molar-refractivity contribution in [3.05, 3.63) is 53.0 Å². The van der Waals surface area contributed by atoms with Gasteiger partial charge >= 0.3 is 0 Å². The number of hydrogen-bond acceptors (Lipinski definition) is 4. The molecular formula is C21H27NO3. The second-order valence-electron chi connectivity index (χ2n) is 8.23. The number of aliphatic hydroxyl groups excluding tert-OH is 1. The van der Waals surface area contributed by atoms with Gasteiger partial charge in [-0.15, -0.1) is 0 Å². The van der Waals surface area contributed by atoms with Gasteiger partial charge in [-0.2, -0.15) is 0 Å². The Morgan fingerprint density at radius 1 is 1.20 bits per heavy atom. The lowest BCUT2D eigenvalue weighted by Crippen LogP contribution is -2.36. The maximum absolute atomic E-state index is 9.31. The Balaban J connectivity index is 1.75. The zero-order chi connectivity index (χ0) is 17.6. The highest BCUT2D eigenvalue weighted by Gasteiger charge is 2.41. The number of fused-ring (bicyclic) bond motifs is 3. The Morgan fingerprint density at radius 2 is 2.04 bits per heavy atom. The van der Waals surface area contributed by atoms with Crippen molar-refractivity contribution in [2.75, 3.05) is 11.9 Å². The van der Waals surface area contributed by atoms with Crippen molar-refractivity contribution in [2.24, 2.45) is 5.92 Å². The normalized spacial score (nSPS) is 25.8. The van der Waals surface area contributed by atoms with Gasteiger partial charge in [0.1, 0.15) is 18.1 Å². The molecule has 3 unspecified atom stereocenters. The summed E-state index contributed by atoms with van der Waals surface area (Å²) in [6.07, 6.45) is 2.28. The third-order valence-corrected chi connectivity index (χ3v) is 5.48. The number of benzene rings is 1. The molecule has 2 aliphatic heterocycles. The van der Waals surface area contributed by atoms with Gasteiger partial charge < -0.3 is 19.6 Å². The molecule has 1 fully saturated rings. The number of nitrogens with one attached hydrogen (secondary N) is 1. The Hall–Kier alpha value is -1.78. The number of anilines is 1. The van der Waals surface area contributed by atoms with Crippen molar-refractivity contribution in [3.8, 4) is 0 Å². The summed E-state index contributed by atoms with van der Waals surface area (Å²) in [5.74, 6) is 1.84. The van der Waals surface area contributed by atoms with Gasteiger partial charge in [0.05, 0.1) is 12.1 Å². The van der Waals surface area contributed by atoms with Gasteiger partial charge in [-0.3, -0.25) is 0 Å². The molecule has 1 saturated heterocycles.